The molecule has 0 aliphatic carbocycles. The second-order valence-corrected chi connectivity index (χ2v) is 4.68. The minimum absolute atomic E-state index is 0.365. The third-order valence-corrected chi connectivity index (χ3v) is 2.71. The van der Waals surface area contributed by atoms with Crippen molar-refractivity contribution < 1.29 is 4.74 Å². The predicted octanol–water partition coefficient (Wildman–Crippen LogP) is 2.28. The van der Waals surface area contributed by atoms with Crippen molar-refractivity contribution in [1.29, 1.82) is 0 Å². The SMILES string of the molecule is CC(C)O[C@H]1C[C@@H](C)N(C(C)C)C1. The Morgan fingerprint density at radius 3 is 2.23 bits per heavy atom. The summed E-state index contributed by atoms with van der Waals surface area (Å²) >= 11 is 0. The van der Waals surface area contributed by atoms with Crippen molar-refractivity contribution >= 4 is 0 Å². The fraction of sp³-hybridized carbons (Fsp3) is 1.00. The zero-order valence-electron chi connectivity index (χ0n) is 9.58. The van der Waals surface area contributed by atoms with E-state index in [1.807, 2.05) is 0 Å². The molecule has 0 N–H and O–H groups in total. The fourth-order valence-corrected chi connectivity index (χ4v) is 2.21. The molecule has 1 heterocycles. The van der Waals surface area contributed by atoms with Gasteiger partial charge in [0.2, 0.25) is 0 Å². The molecule has 1 rings (SSSR count). The highest BCUT2D eigenvalue weighted by Gasteiger charge is 2.31. The van der Waals surface area contributed by atoms with Crippen LogP contribution in [0.15, 0.2) is 0 Å². The van der Waals surface area contributed by atoms with Crippen LogP contribution in [0.5, 0.6) is 0 Å². The van der Waals surface area contributed by atoms with E-state index >= 15 is 0 Å². The smallest absolute Gasteiger partial charge is 0.0720 e. The van der Waals surface area contributed by atoms with E-state index in [4.69, 9.17) is 4.74 Å². The van der Waals surface area contributed by atoms with Gasteiger partial charge < -0.3 is 4.74 Å². The first-order valence-corrected chi connectivity index (χ1v) is 5.42. The van der Waals surface area contributed by atoms with Gasteiger partial charge in [-0.1, -0.05) is 0 Å². The maximum absolute atomic E-state index is 5.82. The van der Waals surface area contributed by atoms with Gasteiger partial charge in [0.15, 0.2) is 0 Å². The third-order valence-electron chi connectivity index (χ3n) is 2.71. The van der Waals surface area contributed by atoms with Crippen LogP contribution in [0.2, 0.25) is 0 Å². The van der Waals surface area contributed by atoms with Crippen LogP contribution in [0.3, 0.4) is 0 Å². The summed E-state index contributed by atoms with van der Waals surface area (Å²) in [6.07, 6.45) is 2.01. The number of hydrogen-bond acceptors (Lipinski definition) is 2. The highest BCUT2D eigenvalue weighted by molar-refractivity contribution is 4.85. The molecule has 1 aliphatic heterocycles. The summed E-state index contributed by atoms with van der Waals surface area (Å²) in [5.74, 6) is 0. The topological polar surface area (TPSA) is 12.5 Å². The maximum Gasteiger partial charge on any atom is 0.0720 e. The Kier molecular flexibility index (Phi) is 3.74. The van der Waals surface area contributed by atoms with Gasteiger partial charge in [0.05, 0.1) is 12.2 Å². The van der Waals surface area contributed by atoms with Crippen molar-refractivity contribution in [3.05, 3.63) is 0 Å². The monoisotopic (exact) mass is 185 g/mol. The maximum atomic E-state index is 5.82. The lowest BCUT2D eigenvalue weighted by atomic mass is 10.2. The molecule has 0 aromatic rings. The van der Waals surface area contributed by atoms with Crippen molar-refractivity contribution in [3.63, 3.8) is 0 Å². The van der Waals surface area contributed by atoms with Crippen LogP contribution >= 0.6 is 0 Å². The lowest BCUT2D eigenvalue weighted by Crippen LogP contribution is -2.34. The van der Waals surface area contributed by atoms with E-state index in [-0.39, 0.29) is 0 Å². The summed E-state index contributed by atoms with van der Waals surface area (Å²) in [6.45, 7) is 12.1. The Morgan fingerprint density at radius 2 is 1.85 bits per heavy atom. The molecule has 2 heteroatoms. The largest absolute Gasteiger partial charge is 0.374 e. The van der Waals surface area contributed by atoms with Crippen LogP contribution < -0.4 is 0 Å². The van der Waals surface area contributed by atoms with Gasteiger partial charge in [0.1, 0.15) is 0 Å². The van der Waals surface area contributed by atoms with Gasteiger partial charge in [-0.05, 0) is 41.0 Å². The van der Waals surface area contributed by atoms with E-state index in [2.05, 4.69) is 39.5 Å². The standard InChI is InChI=1S/C11H23NO/c1-8(2)12-7-11(6-10(12)5)13-9(3)4/h8-11H,6-7H2,1-5H3/t10-,11+/m1/s1. The molecule has 1 aliphatic rings. The fourth-order valence-electron chi connectivity index (χ4n) is 2.21. The number of ether oxygens (including phenoxy) is 1. The highest BCUT2D eigenvalue weighted by atomic mass is 16.5. The van der Waals surface area contributed by atoms with Crippen LogP contribution in [0.1, 0.15) is 41.0 Å². The summed E-state index contributed by atoms with van der Waals surface area (Å²) in [5, 5.41) is 0. The van der Waals surface area contributed by atoms with Gasteiger partial charge in [0.25, 0.3) is 0 Å². The molecular weight excluding hydrogens is 162 g/mol. The minimum Gasteiger partial charge on any atom is -0.374 e. The minimum atomic E-state index is 0.365. The van der Waals surface area contributed by atoms with E-state index < -0.39 is 0 Å². The van der Waals surface area contributed by atoms with Gasteiger partial charge in [-0.2, -0.15) is 0 Å². The molecule has 0 amide bonds. The lowest BCUT2D eigenvalue weighted by molar-refractivity contribution is 0.0124. The summed E-state index contributed by atoms with van der Waals surface area (Å²) < 4.78 is 5.82. The average molecular weight is 185 g/mol. The molecule has 0 radical (unpaired) electrons. The van der Waals surface area contributed by atoms with Crippen LogP contribution in [0.25, 0.3) is 0 Å². The van der Waals surface area contributed by atoms with Crippen molar-refractivity contribution in [2.75, 3.05) is 6.54 Å². The molecule has 13 heavy (non-hydrogen) atoms. The average Bonchev–Trinajstić information content (AvgIpc) is 2.29. The lowest BCUT2D eigenvalue weighted by Gasteiger charge is -2.25. The first-order valence-electron chi connectivity index (χ1n) is 5.42. The Balaban J connectivity index is 2.40. The van der Waals surface area contributed by atoms with Crippen molar-refractivity contribution in [1.82, 2.24) is 4.90 Å². The van der Waals surface area contributed by atoms with E-state index in [9.17, 15) is 0 Å². The first kappa shape index (κ1) is 11.0. The first-order chi connectivity index (χ1) is 6.00. The molecule has 0 aromatic carbocycles. The Bertz CT molecular complexity index is 156. The molecule has 1 fully saturated rings. The van der Waals surface area contributed by atoms with Gasteiger partial charge in [-0.15, -0.1) is 0 Å². The Labute approximate surface area is 82.3 Å². The summed E-state index contributed by atoms with van der Waals surface area (Å²) in [5.41, 5.74) is 0. The second kappa shape index (κ2) is 4.43. The molecule has 0 saturated carbocycles. The normalized spacial score (nSPS) is 30.7. The number of hydrogen-bond donors (Lipinski definition) is 0. The highest BCUT2D eigenvalue weighted by Crippen LogP contribution is 2.22. The van der Waals surface area contributed by atoms with Gasteiger partial charge in [0, 0.05) is 18.6 Å². The molecule has 2 atom stereocenters. The van der Waals surface area contributed by atoms with E-state index in [1.165, 1.54) is 6.42 Å². The van der Waals surface area contributed by atoms with Crippen molar-refractivity contribution in [2.45, 2.75) is 65.3 Å². The zero-order valence-corrected chi connectivity index (χ0v) is 9.58. The summed E-state index contributed by atoms with van der Waals surface area (Å²) in [7, 11) is 0. The predicted molar refractivity (Wildman–Crippen MR) is 55.9 cm³/mol. The molecule has 2 nitrogen and oxygen atoms in total. The molecule has 1 saturated heterocycles. The third kappa shape index (κ3) is 2.96. The van der Waals surface area contributed by atoms with E-state index in [0.717, 1.165) is 6.54 Å². The van der Waals surface area contributed by atoms with Crippen LogP contribution in [0, 0.1) is 0 Å². The van der Waals surface area contributed by atoms with Crippen LogP contribution in [-0.2, 0) is 4.74 Å². The number of rotatable bonds is 3. The molecule has 0 aromatic heterocycles. The van der Waals surface area contributed by atoms with Gasteiger partial charge >= 0.3 is 0 Å². The number of likely N-dealkylation sites (tertiary alicyclic amines) is 1. The molecular formula is C11H23NO. The molecule has 78 valence electrons. The Morgan fingerprint density at radius 1 is 1.23 bits per heavy atom. The van der Waals surface area contributed by atoms with Gasteiger partial charge in [-0.3, -0.25) is 4.90 Å². The molecule has 0 spiro atoms. The van der Waals surface area contributed by atoms with Crippen LogP contribution in [0.4, 0.5) is 0 Å². The summed E-state index contributed by atoms with van der Waals surface area (Å²) in [4.78, 5) is 2.52. The quantitative estimate of drug-likeness (QED) is 0.669. The zero-order chi connectivity index (χ0) is 10.0. The van der Waals surface area contributed by atoms with Crippen LogP contribution in [-0.4, -0.2) is 35.7 Å². The molecule has 0 unspecified atom stereocenters. The van der Waals surface area contributed by atoms with E-state index in [0.29, 0.717) is 24.3 Å². The van der Waals surface area contributed by atoms with Crippen molar-refractivity contribution in [2.24, 2.45) is 0 Å². The number of nitrogens with zero attached hydrogens (tertiary/aromatic N) is 1. The van der Waals surface area contributed by atoms with Gasteiger partial charge in [-0.25, -0.2) is 0 Å². The Hall–Kier alpha value is -0.0800. The van der Waals surface area contributed by atoms with E-state index in [1.54, 1.807) is 0 Å². The second-order valence-electron chi connectivity index (χ2n) is 4.68. The van der Waals surface area contributed by atoms with Crippen molar-refractivity contribution in [3.8, 4) is 0 Å². The summed E-state index contributed by atoms with van der Waals surface area (Å²) in [6, 6.07) is 1.33. The molecule has 0 bridgehead atoms.